The first-order chi connectivity index (χ1) is 8.01. The lowest BCUT2D eigenvalue weighted by Crippen LogP contribution is -2.33. The van der Waals surface area contributed by atoms with Crippen LogP contribution in [-0.4, -0.2) is 6.17 Å². The highest BCUT2D eigenvalue weighted by Gasteiger charge is 2.40. The number of alkyl halides is 1. The van der Waals surface area contributed by atoms with E-state index in [9.17, 15) is 9.65 Å². The average molecular weight is 252 g/mol. The molecule has 1 aromatic rings. The number of fused-ring (bicyclic) bond motifs is 1. The predicted octanol–water partition coefficient (Wildman–Crippen LogP) is 3.54. The summed E-state index contributed by atoms with van der Waals surface area (Å²) in [5.74, 6) is 0. The Kier molecular flexibility index (Phi) is 3.13. The van der Waals surface area contributed by atoms with Gasteiger partial charge in [-0.1, -0.05) is 20.3 Å². The van der Waals surface area contributed by atoms with Gasteiger partial charge in [-0.3, -0.25) is 0 Å². The Balaban J connectivity index is 2.58. The summed E-state index contributed by atoms with van der Waals surface area (Å²) in [5.41, 5.74) is 7.26. The highest BCUT2D eigenvalue weighted by molar-refractivity contribution is 7.16. The molecule has 0 bridgehead atoms. The van der Waals surface area contributed by atoms with E-state index in [1.165, 1.54) is 11.3 Å². The van der Waals surface area contributed by atoms with Gasteiger partial charge in [0.25, 0.3) is 0 Å². The molecule has 0 saturated carbocycles. The van der Waals surface area contributed by atoms with Gasteiger partial charge >= 0.3 is 0 Å². The summed E-state index contributed by atoms with van der Waals surface area (Å²) in [6.45, 7) is 4.16. The van der Waals surface area contributed by atoms with E-state index in [1.54, 1.807) is 0 Å². The summed E-state index contributed by atoms with van der Waals surface area (Å²) in [6.07, 6.45) is 2.03. The number of nitriles is 1. The molecule has 2 rings (SSSR count). The lowest BCUT2D eigenvalue weighted by atomic mass is 9.69. The molecule has 1 aliphatic carbocycles. The van der Waals surface area contributed by atoms with Crippen molar-refractivity contribution in [2.45, 2.75) is 51.1 Å². The first-order valence-corrected chi connectivity index (χ1v) is 6.79. The van der Waals surface area contributed by atoms with Crippen LogP contribution in [0.1, 0.15) is 49.1 Å². The van der Waals surface area contributed by atoms with E-state index >= 15 is 0 Å². The summed E-state index contributed by atoms with van der Waals surface area (Å²) in [6, 6.07) is 2.19. The van der Waals surface area contributed by atoms with Crippen molar-refractivity contribution in [3.63, 3.8) is 0 Å². The summed E-state index contributed by atoms with van der Waals surface area (Å²) in [7, 11) is 0. The molecule has 0 fully saturated rings. The van der Waals surface area contributed by atoms with E-state index in [1.807, 2.05) is 0 Å². The number of anilines is 1. The van der Waals surface area contributed by atoms with Crippen molar-refractivity contribution in [2.75, 3.05) is 5.73 Å². The Bertz CT molecular complexity index is 474. The Labute approximate surface area is 105 Å². The number of nitrogen functional groups attached to an aromatic ring is 1. The zero-order valence-corrected chi connectivity index (χ0v) is 11.0. The Morgan fingerprint density at radius 1 is 1.65 bits per heavy atom. The molecule has 1 aliphatic rings. The molecule has 1 heterocycles. The molecule has 0 aliphatic heterocycles. The van der Waals surface area contributed by atoms with E-state index in [0.717, 1.165) is 23.3 Å². The summed E-state index contributed by atoms with van der Waals surface area (Å²) < 4.78 is 13.8. The van der Waals surface area contributed by atoms with Crippen LogP contribution in [0.5, 0.6) is 0 Å². The topological polar surface area (TPSA) is 49.8 Å². The van der Waals surface area contributed by atoms with E-state index < -0.39 is 6.17 Å². The number of nitrogens with zero attached hydrogens (tertiary/aromatic N) is 1. The van der Waals surface area contributed by atoms with Gasteiger partial charge < -0.3 is 5.73 Å². The van der Waals surface area contributed by atoms with Gasteiger partial charge in [-0.05, 0) is 23.8 Å². The summed E-state index contributed by atoms with van der Waals surface area (Å²) >= 11 is 1.39. The fraction of sp³-hybridized carbons (Fsp3) is 0.615. The monoisotopic (exact) mass is 252 g/mol. The van der Waals surface area contributed by atoms with E-state index in [2.05, 4.69) is 19.9 Å². The zero-order valence-electron chi connectivity index (χ0n) is 10.2. The molecular formula is C13H17FN2S. The number of halogens is 1. The number of nitrogens with two attached hydrogens (primary N) is 1. The van der Waals surface area contributed by atoms with Gasteiger partial charge in [-0.25, -0.2) is 4.39 Å². The molecule has 0 radical (unpaired) electrons. The standard InChI is InChI=1S/C13H17FN2S/c1-3-4-13(2)6-8(14)5-10-11(13)9(7-15)12(16)17-10/h8H,3-6,16H2,1-2H3. The van der Waals surface area contributed by atoms with Crippen molar-refractivity contribution in [3.8, 4) is 6.07 Å². The fourth-order valence-electron chi connectivity index (χ4n) is 3.03. The second-order valence-electron chi connectivity index (χ2n) is 5.07. The highest BCUT2D eigenvalue weighted by Crippen LogP contribution is 2.48. The summed E-state index contributed by atoms with van der Waals surface area (Å²) in [4.78, 5) is 0.980. The molecule has 4 heteroatoms. The van der Waals surface area contributed by atoms with Crippen LogP contribution in [0.25, 0.3) is 0 Å². The number of hydrogen-bond acceptors (Lipinski definition) is 3. The number of rotatable bonds is 2. The Morgan fingerprint density at radius 3 is 2.94 bits per heavy atom. The fourth-order valence-corrected chi connectivity index (χ4v) is 4.26. The molecule has 0 aromatic carbocycles. The lowest BCUT2D eigenvalue weighted by Gasteiger charge is -2.36. The molecule has 0 spiro atoms. The van der Waals surface area contributed by atoms with Gasteiger partial charge in [0.05, 0.1) is 5.56 Å². The molecule has 2 nitrogen and oxygen atoms in total. The van der Waals surface area contributed by atoms with Gasteiger partial charge in [0, 0.05) is 11.3 Å². The van der Waals surface area contributed by atoms with Gasteiger partial charge in [-0.15, -0.1) is 11.3 Å². The van der Waals surface area contributed by atoms with Crippen molar-refractivity contribution >= 4 is 16.3 Å². The number of hydrogen-bond donors (Lipinski definition) is 1. The maximum absolute atomic E-state index is 13.8. The molecule has 0 saturated heterocycles. The van der Waals surface area contributed by atoms with Gasteiger partial charge in [0.1, 0.15) is 17.2 Å². The maximum Gasteiger partial charge on any atom is 0.106 e. The third-order valence-electron chi connectivity index (χ3n) is 3.60. The average Bonchev–Trinajstić information content (AvgIpc) is 2.54. The second kappa shape index (κ2) is 4.30. The minimum atomic E-state index is -0.802. The first kappa shape index (κ1) is 12.4. The molecule has 2 unspecified atom stereocenters. The predicted molar refractivity (Wildman–Crippen MR) is 68.9 cm³/mol. The van der Waals surface area contributed by atoms with Crippen LogP contribution in [0.3, 0.4) is 0 Å². The maximum atomic E-state index is 13.8. The molecule has 2 N–H and O–H groups in total. The van der Waals surface area contributed by atoms with Gasteiger partial charge in [0.2, 0.25) is 0 Å². The SMILES string of the molecule is CCCC1(C)CC(F)Cc2sc(N)c(C#N)c21. The smallest absolute Gasteiger partial charge is 0.106 e. The Morgan fingerprint density at radius 2 is 2.35 bits per heavy atom. The lowest BCUT2D eigenvalue weighted by molar-refractivity contribution is 0.222. The first-order valence-electron chi connectivity index (χ1n) is 5.97. The molecule has 92 valence electrons. The van der Waals surface area contributed by atoms with Crippen LogP contribution < -0.4 is 5.73 Å². The molecule has 2 atom stereocenters. The Hall–Kier alpha value is -1.08. The van der Waals surface area contributed by atoms with E-state index in [4.69, 9.17) is 5.73 Å². The molecule has 0 amide bonds. The minimum absolute atomic E-state index is 0.221. The second-order valence-corrected chi connectivity index (χ2v) is 6.20. The molecule has 1 aromatic heterocycles. The zero-order chi connectivity index (χ0) is 12.6. The normalized spacial score (nSPS) is 27.5. The third kappa shape index (κ3) is 1.93. The van der Waals surface area contributed by atoms with Crippen LogP contribution in [0.4, 0.5) is 9.39 Å². The van der Waals surface area contributed by atoms with Crippen LogP contribution in [0.2, 0.25) is 0 Å². The third-order valence-corrected chi connectivity index (χ3v) is 4.65. The minimum Gasteiger partial charge on any atom is -0.389 e. The van der Waals surface area contributed by atoms with Gasteiger partial charge in [0.15, 0.2) is 0 Å². The highest BCUT2D eigenvalue weighted by atomic mass is 32.1. The summed E-state index contributed by atoms with van der Waals surface area (Å²) in [5, 5.41) is 9.76. The van der Waals surface area contributed by atoms with Crippen LogP contribution >= 0.6 is 11.3 Å². The van der Waals surface area contributed by atoms with Crippen LogP contribution in [0.15, 0.2) is 0 Å². The van der Waals surface area contributed by atoms with Crippen molar-refractivity contribution < 1.29 is 4.39 Å². The van der Waals surface area contributed by atoms with Crippen molar-refractivity contribution in [3.05, 3.63) is 16.0 Å². The molecular weight excluding hydrogens is 235 g/mol. The van der Waals surface area contributed by atoms with Crippen molar-refractivity contribution in [2.24, 2.45) is 0 Å². The van der Waals surface area contributed by atoms with Crippen molar-refractivity contribution in [1.29, 1.82) is 5.26 Å². The van der Waals surface area contributed by atoms with Crippen molar-refractivity contribution in [1.82, 2.24) is 0 Å². The van der Waals surface area contributed by atoms with Crippen LogP contribution in [0, 0.1) is 11.3 Å². The van der Waals surface area contributed by atoms with E-state index in [-0.39, 0.29) is 5.41 Å². The number of thiophene rings is 1. The van der Waals surface area contributed by atoms with Gasteiger partial charge in [-0.2, -0.15) is 5.26 Å². The quantitative estimate of drug-likeness (QED) is 0.875. The van der Waals surface area contributed by atoms with E-state index in [0.29, 0.717) is 23.4 Å². The molecule has 17 heavy (non-hydrogen) atoms. The van der Waals surface area contributed by atoms with Crippen LogP contribution in [-0.2, 0) is 11.8 Å². The largest absolute Gasteiger partial charge is 0.389 e.